The Kier molecular flexibility index (Phi) is 3.56. The lowest BCUT2D eigenvalue weighted by Crippen LogP contribution is -2.21. The molecule has 1 heterocycles. The fourth-order valence-corrected chi connectivity index (χ4v) is 2.16. The van der Waals surface area contributed by atoms with E-state index in [1.165, 1.54) is 18.4 Å². The summed E-state index contributed by atoms with van der Waals surface area (Å²) in [5.74, 6) is 1.90. The molecule has 19 heavy (non-hydrogen) atoms. The molecule has 2 aromatic rings. The molecule has 1 fully saturated rings. The van der Waals surface area contributed by atoms with E-state index in [9.17, 15) is 0 Å². The van der Waals surface area contributed by atoms with E-state index < -0.39 is 0 Å². The van der Waals surface area contributed by atoms with E-state index in [2.05, 4.69) is 24.4 Å². The van der Waals surface area contributed by atoms with Gasteiger partial charge in [-0.1, -0.05) is 19.1 Å². The Morgan fingerprint density at radius 1 is 1.26 bits per heavy atom. The summed E-state index contributed by atoms with van der Waals surface area (Å²) in [6, 6.07) is 12.3. The van der Waals surface area contributed by atoms with Crippen molar-refractivity contribution in [1.82, 2.24) is 5.32 Å². The first-order valence-corrected chi connectivity index (χ1v) is 6.90. The zero-order chi connectivity index (χ0) is 13.1. The summed E-state index contributed by atoms with van der Waals surface area (Å²) in [6.45, 7) is 2.99. The highest BCUT2D eigenvalue weighted by Gasteiger charge is 2.23. The molecule has 1 aliphatic rings. The van der Waals surface area contributed by atoms with Crippen LogP contribution in [0.15, 0.2) is 47.1 Å². The van der Waals surface area contributed by atoms with Gasteiger partial charge in [0.15, 0.2) is 0 Å². The minimum absolute atomic E-state index is 0.106. The largest absolute Gasteiger partial charge is 0.490 e. The van der Waals surface area contributed by atoms with Crippen LogP contribution in [0, 0.1) is 0 Å². The van der Waals surface area contributed by atoms with E-state index in [-0.39, 0.29) is 6.04 Å². The summed E-state index contributed by atoms with van der Waals surface area (Å²) in [4.78, 5) is 0. The summed E-state index contributed by atoms with van der Waals surface area (Å²) in [6.07, 6.45) is 4.53. The van der Waals surface area contributed by atoms with Crippen LogP contribution >= 0.6 is 0 Å². The molecule has 1 atom stereocenters. The first-order valence-electron chi connectivity index (χ1n) is 6.90. The maximum atomic E-state index is 5.77. The summed E-state index contributed by atoms with van der Waals surface area (Å²) in [5.41, 5.74) is 1.19. The number of rotatable bonds is 6. The smallest absolute Gasteiger partial charge is 0.125 e. The molecule has 100 valence electrons. The molecule has 1 unspecified atom stereocenters. The Morgan fingerprint density at radius 2 is 2.05 bits per heavy atom. The van der Waals surface area contributed by atoms with Gasteiger partial charge in [-0.2, -0.15) is 0 Å². The van der Waals surface area contributed by atoms with E-state index in [0.717, 1.165) is 18.1 Å². The molecule has 0 spiro atoms. The van der Waals surface area contributed by atoms with Crippen molar-refractivity contribution < 1.29 is 9.15 Å². The molecule has 0 aliphatic heterocycles. The van der Waals surface area contributed by atoms with Crippen LogP contribution < -0.4 is 10.1 Å². The normalized spacial score (nSPS) is 16.3. The Balaban J connectivity index is 1.77. The van der Waals surface area contributed by atoms with Crippen molar-refractivity contribution in [2.75, 3.05) is 6.54 Å². The molecular formula is C16H19NO2. The van der Waals surface area contributed by atoms with E-state index in [1.807, 2.05) is 24.3 Å². The van der Waals surface area contributed by atoms with Crippen molar-refractivity contribution >= 4 is 0 Å². The third-order valence-electron chi connectivity index (χ3n) is 3.28. The summed E-state index contributed by atoms with van der Waals surface area (Å²) in [7, 11) is 0. The van der Waals surface area contributed by atoms with Gasteiger partial charge in [-0.25, -0.2) is 0 Å². The Morgan fingerprint density at radius 3 is 2.63 bits per heavy atom. The number of hydrogen-bond donors (Lipinski definition) is 1. The zero-order valence-electron chi connectivity index (χ0n) is 11.1. The Labute approximate surface area is 113 Å². The van der Waals surface area contributed by atoms with Crippen LogP contribution in [0.3, 0.4) is 0 Å². The number of benzene rings is 1. The topological polar surface area (TPSA) is 34.4 Å². The average molecular weight is 257 g/mol. The van der Waals surface area contributed by atoms with Gasteiger partial charge in [0.05, 0.1) is 18.4 Å². The standard InChI is InChI=1S/C16H19NO2/c1-2-17-16(15-4-3-11-18-15)12-5-7-13(8-6-12)19-14-9-10-14/h3-8,11,14,16-17H,2,9-10H2,1H3. The van der Waals surface area contributed by atoms with Crippen LogP contribution in [0.2, 0.25) is 0 Å². The highest BCUT2D eigenvalue weighted by molar-refractivity contribution is 5.33. The van der Waals surface area contributed by atoms with E-state index in [1.54, 1.807) is 6.26 Å². The van der Waals surface area contributed by atoms with Crippen molar-refractivity contribution in [3.05, 3.63) is 54.0 Å². The molecule has 1 saturated carbocycles. The van der Waals surface area contributed by atoms with Crippen LogP contribution in [0.4, 0.5) is 0 Å². The molecule has 3 nitrogen and oxygen atoms in total. The van der Waals surface area contributed by atoms with Gasteiger partial charge >= 0.3 is 0 Å². The first-order chi connectivity index (χ1) is 9.36. The molecule has 0 saturated heterocycles. The average Bonchev–Trinajstić information content (AvgIpc) is 3.08. The van der Waals surface area contributed by atoms with Crippen molar-refractivity contribution in [2.24, 2.45) is 0 Å². The van der Waals surface area contributed by atoms with Crippen molar-refractivity contribution in [1.29, 1.82) is 0 Å². The van der Waals surface area contributed by atoms with E-state index >= 15 is 0 Å². The van der Waals surface area contributed by atoms with Gasteiger partial charge in [0, 0.05) is 0 Å². The van der Waals surface area contributed by atoms with Crippen molar-refractivity contribution in [2.45, 2.75) is 31.9 Å². The molecule has 3 rings (SSSR count). The number of hydrogen-bond acceptors (Lipinski definition) is 3. The predicted molar refractivity (Wildman–Crippen MR) is 74.3 cm³/mol. The fraction of sp³-hybridized carbons (Fsp3) is 0.375. The quantitative estimate of drug-likeness (QED) is 0.859. The van der Waals surface area contributed by atoms with Gasteiger partial charge in [-0.15, -0.1) is 0 Å². The lowest BCUT2D eigenvalue weighted by molar-refractivity contribution is 0.303. The SMILES string of the molecule is CCNC(c1ccc(OC2CC2)cc1)c1ccco1. The highest BCUT2D eigenvalue weighted by Crippen LogP contribution is 2.29. The molecule has 1 aromatic heterocycles. The van der Waals surface area contributed by atoms with Gasteiger partial charge in [0.1, 0.15) is 11.5 Å². The second kappa shape index (κ2) is 5.49. The molecular weight excluding hydrogens is 238 g/mol. The lowest BCUT2D eigenvalue weighted by Gasteiger charge is -2.16. The first kappa shape index (κ1) is 12.3. The number of nitrogens with one attached hydrogen (secondary N) is 1. The lowest BCUT2D eigenvalue weighted by atomic mass is 10.0. The molecule has 0 amide bonds. The number of ether oxygens (including phenoxy) is 1. The van der Waals surface area contributed by atoms with Crippen LogP contribution in [-0.2, 0) is 0 Å². The van der Waals surface area contributed by atoms with E-state index in [4.69, 9.17) is 9.15 Å². The maximum absolute atomic E-state index is 5.77. The third-order valence-corrected chi connectivity index (χ3v) is 3.28. The van der Waals surface area contributed by atoms with Crippen LogP contribution in [0.1, 0.15) is 37.1 Å². The van der Waals surface area contributed by atoms with E-state index in [0.29, 0.717) is 6.10 Å². The number of furan rings is 1. The van der Waals surface area contributed by atoms with Crippen molar-refractivity contribution in [3.63, 3.8) is 0 Å². The fourth-order valence-electron chi connectivity index (χ4n) is 2.16. The molecule has 1 N–H and O–H groups in total. The van der Waals surface area contributed by atoms with Gasteiger partial charge in [-0.3, -0.25) is 0 Å². The van der Waals surface area contributed by atoms with Gasteiger partial charge < -0.3 is 14.5 Å². The van der Waals surface area contributed by atoms with Crippen LogP contribution in [0.5, 0.6) is 5.75 Å². The summed E-state index contributed by atoms with van der Waals surface area (Å²) in [5, 5.41) is 3.44. The van der Waals surface area contributed by atoms with Gasteiger partial charge in [0.2, 0.25) is 0 Å². The molecule has 0 bridgehead atoms. The molecule has 1 aromatic carbocycles. The van der Waals surface area contributed by atoms with Gasteiger partial charge in [0.25, 0.3) is 0 Å². The summed E-state index contributed by atoms with van der Waals surface area (Å²) < 4.78 is 11.3. The third kappa shape index (κ3) is 2.99. The summed E-state index contributed by atoms with van der Waals surface area (Å²) >= 11 is 0. The van der Waals surface area contributed by atoms with Crippen LogP contribution in [-0.4, -0.2) is 12.6 Å². The molecule has 1 aliphatic carbocycles. The predicted octanol–water partition coefficient (Wildman–Crippen LogP) is 3.52. The minimum Gasteiger partial charge on any atom is -0.490 e. The Bertz CT molecular complexity index is 500. The molecule has 0 radical (unpaired) electrons. The maximum Gasteiger partial charge on any atom is 0.125 e. The van der Waals surface area contributed by atoms with Gasteiger partial charge in [-0.05, 0) is 49.2 Å². The second-order valence-electron chi connectivity index (χ2n) is 4.89. The minimum atomic E-state index is 0.106. The second-order valence-corrected chi connectivity index (χ2v) is 4.89. The zero-order valence-corrected chi connectivity index (χ0v) is 11.1. The van der Waals surface area contributed by atoms with Crippen LogP contribution in [0.25, 0.3) is 0 Å². The monoisotopic (exact) mass is 257 g/mol. The Hall–Kier alpha value is -1.74. The highest BCUT2D eigenvalue weighted by atomic mass is 16.5. The van der Waals surface area contributed by atoms with Crippen molar-refractivity contribution in [3.8, 4) is 5.75 Å². The molecule has 3 heteroatoms.